The first-order valence-electron chi connectivity index (χ1n) is 8.28. The molecule has 5 nitrogen and oxygen atoms in total. The lowest BCUT2D eigenvalue weighted by molar-refractivity contribution is -0.225. The molecule has 120 valence electrons. The number of rotatable bonds is 5. The maximum atomic E-state index is 12.7. The van der Waals surface area contributed by atoms with Crippen molar-refractivity contribution >= 4 is 5.91 Å². The molecule has 0 radical (unpaired) electrons. The van der Waals surface area contributed by atoms with E-state index in [1.54, 1.807) is 0 Å². The van der Waals surface area contributed by atoms with Crippen molar-refractivity contribution in [3.05, 3.63) is 0 Å². The summed E-state index contributed by atoms with van der Waals surface area (Å²) in [6, 6.07) is 0.727. The second kappa shape index (κ2) is 5.21. The first-order chi connectivity index (χ1) is 9.89. The number of nitrogens with zero attached hydrogens (tertiary/aromatic N) is 1. The lowest BCUT2D eigenvalue weighted by Crippen LogP contribution is -2.82. The van der Waals surface area contributed by atoms with E-state index in [1.807, 2.05) is 0 Å². The normalized spacial score (nSPS) is 37.8. The second-order valence-electron chi connectivity index (χ2n) is 7.60. The molecule has 3 aliphatic rings. The fourth-order valence-electron chi connectivity index (χ4n) is 4.23. The van der Waals surface area contributed by atoms with Crippen LogP contribution in [-0.2, 0) is 9.53 Å². The SMILES string of the molecule is CN(CCNC(=O)C1(N)C2CCCOC2C1(C)C)C1CC1. The third kappa shape index (κ3) is 2.30. The zero-order chi connectivity index (χ0) is 15.3. The van der Waals surface area contributed by atoms with Gasteiger partial charge in [-0.05, 0) is 32.7 Å². The smallest absolute Gasteiger partial charge is 0.241 e. The topological polar surface area (TPSA) is 67.6 Å². The third-order valence-corrected chi connectivity index (χ3v) is 5.98. The Balaban J connectivity index is 1.57. The largest absolute Gasteiger partial charge is 0.377 e. The van der Waals surface area contributed by atoms with Gasteiger partial charge in [0.05, 0.1) is 6.10 Å². The third-order valence-electron chi connectivity index (χ3n) is 5.98. The van der Waals surface area contributed by atoms with E-state index in [4.69, 9.17) is 10.5 Å². The zero-order valence-corrected chi connectivity index (χ0v) is 13.5. The van der Waals surface area contributed by atoms with E-state index in [1.165, 1.54) is 12.8 Å². The van der Waals surface area contributed by atoms with Gasteiger partial charge in [0.1, 0.15) is 5.54 Å². The molecular formula is C16H29N3O2. The number of fused-ring (bicyclic) bond motifs is 1. The van der Waals surface area contributed by atoms with E-state index in [-0.39, 0.29) is 23.3 Å². The highest BCUT2D eigenvalue weighted by molar-refractivity contribution is 5.89. The van der Waals surface area contributed by atoms with Gasteiger partial charge in [0.15, 0.2) is 0 Å². The minimum Gasteiger partial charge on any atom is -0.377 e. The number of ether oxygens (including phenoxy) is 1. The maximum absolute atomic E-state index is 12.7. The van der Waals surface area contributed by atoms with Gasteiger partial charge < -0.3 is 20.7 Å². The molecule has 0 bridgehead atoms. The van der Waals surface area contributed by atoms with Crippen LogP contribution in [-0.4, -0.2) is 55.2 Å². The molecule has 2 saturated carbocycles. The van der Waals surface area contributed by atoms with Crippen LogP contribution in [0.3, 0.4) is 0 Å². The van der Waals surface area contributed by atoms with Gasteiger partial charge in [-0.1, -0.05) is 13.8 Å². The van der Waals surface area contributed by atoms with E-state index in [2.05, 4.69) is 31.1 Å². The number of hydrogen-bond acceptors (Lipinski definition) is 4. The predicted octanol–water partition coefficient (Wildman–Crippen LogP) is 0.729. The van der Waals surface area contributed by atoms with E-state index in [0.29, 0.717) is 6.54 Å². The average molecular weight is 295 g/mol. The molecule has 3 rings (SSSR count). The van der Waals surface area contributed by atoms with E-state index >= 15 is 0 Å². The van der Waals surface area contributed by atoms with Crippen LogP contribution < -0.4 is 11.1 Å². The van der Waals surface area contributed by atoms with Crippen LogP contribution in [0.5, 0.6) is 0 Å². The zero-order valence-electron chi connectivity index (χ0n) is 13.5. The highest BCUT2D eigenvalue weighted by Gasteiger charge is 2.70. The van der Waals surface area contributed by atoms with Gasteiger partial charge in [-0.2, -0.15) is 0 Å². The Morgan fingerprint density at radius 1 is 1.38 bits per heavy atom. The van der Waals surface area contributed by atoms with Gasteiger partial charge in [-0.15, -0.1) is 0 Å². The summed E-state index contributed by atoms with van der Waals surface area (Å²) in [5.74, 6) is 0.172. The maximum Gasteiger partial charge on any atom is 0.241 e. The minimum atomic E-state index is -0.782. The number of likely N-dealkylation sites (N-methyl/N-ethyl adjacent to an activating group) is 1. The molecule has 1 heterocycles. The highest BCUT2D eigenvalue weighted by Crippen LogP contribution is 2.57. The number of nitrogens with two attached hydrogens (primary N) is 1. The predicted molar refractivity (Wildman–Crippen MR) is 81.8 cm³/mol. The van der Waals surface area contributed by atoms with Crippen molar-refractivity contribution in [1.29, 1.82) is 0 Å². The van der Waals surface area contributed by atoms with Crippen LogP contribution >= 0.6 is 0 Å². The summed E-state index contributed by atoms with van der Waals surface area (Å²) in [7, 11) is 2.13. The Bertz CT molecular complexity index is 422. The van der Waals surface area contributed by atoms with Crippen LogP contribution in [0.4, 0.5) is 0 Å². The first kappa shape index (κ1) is 15.3. The van der Waals surface area contributed by atoms with Crippen molar-refractivity contribution in [2.75, 3.05) is 26.7 Å². The van der Waals surface area contributed by atoms with Gasteiger partial charge in [0, 0.05) is 37.1 Å². The van der Waals surface area contributed by atoms with Crippen molar-refractivity contribution in [2.45, 2.75) is 57.2 Å². The summed E-state index contributed by atoms with van der Waals surface area (Å²) in [6.07, 6.45) is 4.73. The standard InChI is InChI=1S/C16H29N3O2/c1-15(2)13-12(5-4-10-21-13)16(15,17)14(20)18-8-9-19(3)11-6-7-11/h11-13H,4-10,17H2,1-3H3,(H,18,20). The number of nitrogens with one attached hydrogen (secondary N) is 1. The van der Waals surface area contributed by atoms with Crippen molar-refractivity contribution in [2.24, 2.45) is 17.1 Å². The number of carbonyl (C=O) groups is 1. The number of carbonyl (C=O) groups excluding carboxylic acids is 1. The van der Waals surface area contributed by atoms with E-state index < -0.39 is 5.54 Å². The molecule has 5 heteroatoms. The Morgan fingerprint density at radius 3 is 2.76 bits per heavy atom. The minimum absolute atomic E-state index is 0.00319. The highest BCUT2D eigenvalue weighted by atomic mass is 16.5. The van der Waals surface area contributed by atoms with Crippen LogP contribution in [0.15, 0.2) is 0 Å². The van der Waals surface area contributed by atoms with Gasteiger partial charge in [0.25, 0.3) is 0 Å². The number of hydrogen-bond donors (Lipinski definition) is 2. The molecule has 1 aliphatic heterocycles. The molecule has 1 amide bonds. The molecule has 3 N–H and O–H groups in total. The van der Waals surface area contributed by atoms with Gasteiger partial charge in [-0.3, -0.25) is 4.79 Å². The second-order valence-corrected chi connectivity index (χ2v) is 7.60. The van der Waals surface area contributed by atoms with Gasteiger partial charge in [0.2, 0.25) is 5.91 Å². The summed E-state index contributed by atoms with van der Waals surface area (Å²) in [4.78, 5) is 15.0. The van der Waals surface area contributed by atoms with Gasteiger partial charge >= 0.3 is 0 Å². The Kier molecular flexibility index (Phi) is 3.79. The van der Waals surface area contributed by atoms with Crippen molar-refractivity contribution in [3.8, 4) is 0 Å². The van der Waals surface area contributed by atoms with Crippen LogP contribution in [0, 0.1) is 11.3 Å². The summed E-state index contributed by atoms with van der Waals surface area (Å²) in [6.45, 7) is 6.51. The molecular weight excluding hydrogens is 266 g/mol. The monoisotopic (exact) mass is 295 g/mol. The molecule has 1 saturated heterocycles. The van der Waals surface area contributed by atoms with E-state index in [0.717, 1.165) is 32.0 Å². The molecule has 0 aromatic carbocycles. The summed E-state index contributed by atoms with van der Waals surface area (Å²) in [5, 5.41) is 3.07. The van der Waals surface area contributed by atoms with Crippen molar-refractivity contribution < 1.29 is 9.53 Å². The molecule has 0 aromatic rings. The van der Waals surface area contributed by atoms with Crippen LogP contribution in [0.2, 0.25) is 0 Å². The lowest BCUT2D eigenvalue weighted by Gasteiger charge is -2.65. The Morgan fingerprint density at radius 2 is 2.10 bits per heavy atom. The Labute approximate surface area is 127 Å². The molecule has 21 heavy (non-hydrogen) atoms. The van der Waals surface area contributed by atoms with Crippen molar-refractivity contribution in [3.63, 3.8) is 0 Å². The number of amides is 1. The van der Waals surface area contributed by atoms with Crippen LogP contribution in [0.1, 0.15) is 39.5 Å². The fourth-order valence-corrected chi connectivity index (χ4v) is 4.23. The molecule has 3 fully saturated rings. The average Bonchev–Trinajstić information content (AvgIpc) is 3.30. The molecule has 3 unspecified atom stereocenters. The van der Waals surface area contributed by atoms with Gasteiger partial charge in [-0.25, -0.2) is 0 Å². The Hall–Kier alpha value is -0.650. The first-order valence-corrected chi connectivity index (χ1v) is 8.28. The molecule has 3 atom stereocenters. The van der Waals surface area contributed by atoms with E-state index in [9.17, 15) is 4.79 Å². The quantitative estimate of drug-likeness (QED) is 0.784. The summed E-state index contributed by atoms with van der Waals surface area (Å²) >= 11 is 0. The summed E-state index contributed by atoms with van der Waals surface area (Å²) < 4.78 is 5.85. The molecule has 0 spiro atoms. The summed E-state index contributed by atoms with van der Waals surface area (Å²) in [5.41, 5.74) is 5.49. The fraction of sp³-hybridized carbons (Fsp3) is 0.938. The van der Waals surface area contributed by atoms with Crippen LogP contribution in [0.25, 0.3) is 0 Å². The lowest BCUT2D eigenvalue weighted by atomic mass is 9.46. The van der Waals surface area contributed by atoms with Crippen molar-refractivity contribution in [1.82, 2.24) is 10.2 Å². The molecule has 0 aromatic heterocycles. The molecule has 2 aliphatic carbocycles.